The Labute approximate surface area is 195 Å². The van der Waals surface area contributed by atoms with Crippen molar-refractivity contribution in [1.82, 2.24) is 10.6 Å². The molecule has 0 bridgehead atoms. The van der Waals surface area contributed by atoms with Gasteiger partial charge in [0.05, 0.1) is 30.2 Å². The lowest BCUT2D eigenvalue weighted by atomic mass is 10.0. The molecule has 0 aliphatic carbocycles. The van der Waals surface area contributed by atoms with Crippen molar-refractivity contribution < 1.29 is 24.9 Å². The summed E-state index contributed by atoms with van der Waals surface area (Å²) < 4.78 is 5.88. The first-order chi connectivity index (χ1) is 14.7. The molecule has 0 saturated carbocycles. The van der Waals surface area contributed by atoms with Crippen LogP contribution in [0.25, 0.3) is 0 Å². The second-order valence-electron chi connectivity index (χ2n) is 7.87. The maximum atomic E-state index is 13.0. The van der Waals surface area contributed by atoms with Gasteiger partial charge in [0.2, 0.25) is 5.91 Å². The summed E-state index contributed by atoms with van der Waals surface area (Å²) in [5.41, 5.74) is 0.563. The Kier molecular flexibility index (Phi) is 14.0. The zero-order valence-corrected chi connectivity index (χ0v) is 20.5. The molecule has 5 N–H and O–H groups in total. The second-order valence-corrected chi connectivity index (χ2v) is 9.49. The lowest BCUT2D eigenvalue weighted by Gasteiger charge is -2.36. The highest BCUT2D eigenvalue weighted by Crippen LogP contribution is 2.22. The molecule has 9 heteroatoms. The highest BCUT2D eigenvalue weighted by Gasteiger charge is 2.37. The van der Waals surface area contributed by atoms with Crippen LogP contribution in [0, 0.1) is 0 Å². The molecule has 1 amide bonds. The van der Waals surface area contributed by atoms with E-state index in [0.29, 0.717) is 13.0 Å². The fourth-order valence-electron chi connectivity index (χ4n) is 3.36. The van der Waals surface area contributed by atoms with Crippen LogP contribution < -0.4 is 10.6 Å². The van der Waals surface area contributed by atoms with Crippen LogP contribution in [-0.4, -0.2) is 81.8 Å². The molecule has 0 aromatic carbocycles. The molecule has 0 fully saturated rings. The molecular formula is C22H39ClN2O5S. The predicted molar refractivity (Wildman–Crippen MR) is 127 cm³/mol. The SMILES string of the molecule is CCC/C=C/C1=CCC(C(=O)NC(C(C)Cl)C(OC(SC)C(C)O)[C@@H](O)CO)NCC1. The van der Waals surface area contributed by atoms with Crippen LogP contribution >= 0.6 is 23.4 Å². The van der Waals surface area contributed by atoms with Gasteiger partial charge in [0, 0.05) is 0 Å². The molecule has 6 unspecified atom stereocenters. The molecule has 31 heavy (non-hydrogen) atoms. The van der Waals surface area contributed by atoms with Crippen LogP contribution in [0.4, 0.5) is 0 Å². The normalized spacial score (nSPS) is 23.4. The third-order valence-corrected chi connectivity index (χ3v) is 6.41. The van der Waals surface area contributed by atoms with Crippen molar-refractivity contribution in [3.63, 3.8) is 0 Å². The van der Waals surface area contributed by atoms with Gasteiger partial charge in [0.25, 0.3) is 0 Å². The van der Waals surface area contributed by atoms with Gasteiger partial charge >= 0.3 is 0 Å². The minimum absolute atomic E-state index is 0.246. The standard InChI is InChI=1S/C22H39ClN2O5S/c1-5-6-7-8-16-9-10-17(24-12-11-16)21(29)25-19(14(2)23)20(18(28)13-26)30-22(31-4)15(3)27/h7-9,14-15,17-20,22,24,26-28H,5-6,10-13H2,1-4H3,(H,25,29)/b8-7+/t14?,15?,17?,18-,19?,20?,22?/m0/s1. The summed E-state index contributed by atoms with van der Waals surface area (Å²) in [5, 5.41) is 35.4. The van der Waals surface area contributed by atoms with E-state index in [0.717, 1.165) is 19.3 Å². The number of allylic oxidation sites excluding steroid dienone is 2. The van der Waals surface area contributed by atoms with Gasteiger partial charge in [-0.1, -0.05) is 37.1 Å². The smallest absolute Gasteiger partial charge is 0.237 e. The molecule has 7 nitrogen and oxygen atoms in total. The number of carbonyl (C=O) groups is 1. The Morgan fingerprint density at radius 2 is 2.16 bits per heavy atom. The molecule has 1 aliphatic rings. The van der Waals surface area contributed by atoms with Crippen LogP contribution in [0.3, 0.4) is 0 Å². The summed E-state index contributed by atoms with van der Waals surface area (Å²) in [4.78, 5) is 13.0. The van der Waals surface area contributed by atoms with E-state index in [9.17, 15) is 20.1 Å². The van der Waals surface area contributed by atoms with Crippen LogP contribution in [0.1, 0.15) is 46.5 Å². The second kappa shape index (κ2) is 15.3. The Morgan fingerprint density at radius 1 is 1.45 bits per heavy atom. The van der Waals surface area contributed by atoms with Gasteiger partial charge in [0.15, 0.2) is 0 Å². The van der Waals surface area contributed by atoms with Crippen molar-refractivity contribution in [2.45, 2.75) is 87.7 Å². The first-order valence-corrected chi connectivity index (χ1v) is 12.7. The number of rotatable bonds is 13. The first-order valence-electron chi connectivity index (χ1n) is 10.9. The van der Waals surface area contributed by atoms with Crippen molar-refractivity contribution >= 4 is 29.3 Å². The molecular weight excluding hydrogens is 440 g/mol. The molecule has 180 valence electrons. The third kappa shape index (κ3) is 9.82. The largest absolute Gasteiger partial charge is 0.394 e. The minimum Gasteiger partial charge on any atom is -0.394 e. The fraction of sp³-hybridized carbons (Fsp3) is 0.773. The Morgan fingerprint density at radius 3 is 2.71 bits per heavy atom. The average Bonchev–Trinajstić information content (AvgIpc) is 2.98. The van der Waals surface area contributed by atoms with E-state index in [1.54, 1.807) is 20.1 Å². The average molecular weight is 479 g/mol. The molecule has 1 aliphatic heterocycles. The number of halogens is 1. The van der Waals surface area contributed by atoms with Crippen molar-refractivity contribution in [3.8, 4) is 0 Å². The zero-order valence-electron chi connectivity index (χ0n) is 19.0. The van der Waals surface area contributed by atoms with E-state index in [1.807, 2.05) is 0 Å². The van der Waals surface area contributed by atoms with Crippen LogP contribution in [0.2, 0.25) is 0 Å². The number of ether oxygens (including phenoxy) is 1. The lowest BCUT2D eigenvalue weighted by Crippen LogP contribution is -2.58. The fourth-order valence-corrected chi connectivity index (χ4v) is 4.20. The summed E-state index contributed by atoms with van der Waals surface area (Å²) in [6.07, 6.45) is 8.57. The van der Waals surface area contributed by atoms with Gasteiger partial charge < -0.3 is 30.7 Å². The quantitative estimate of drug-likeness (QED) is 0.203. The van der Waals surface area contributed by atoms with Crippen molar-refractivity contribution in [2.75, 3.05) is 19.4 Å². The summed E-state index contributed by atoms with van der Waals surface area (Å²) >= 11 is 7.63. The van der Waals surface area contributed by atoms with Crippen LogP contribution in [0.5, 0.6) is 0 Å². The number of alkyl halides is 1. The molecule has 7 atom stereocenters. The Bertz CT molecular complexity index is 588. The van der Waals surface area contributed by atoms with E-state index in [2.05, 4.69) is 35.8 Å². The summed E-state index contributed by atoms with van der Waals surface area (Å²) in [7, 11) is 0. The van der Waals surface area contributed by atoms with Gasteiger partial charge in [-0.25, -0.2) is 0 Å². The number of aliphatic hydroxyl groups excluding tert-OH is 3. The Hall–Kier alpha value is -0.610. The number of aliphatic hydroxyl groups is 3. The number of hydrogen-bond donors (Lipinski definition) is 5. The number of thioether (sulfide) groups is 1. The molecule has 1 heterocycles. The maximum absolute atomic E-state index is 13.0. The van der Waals surface area contributed by atoms with Crippen molar-refractivity contribution in [1.29, 1.82) is 0 Å². The van der Waals surface area contributed by atoms with Crippen LogP contribution in [-0.2, 0) is 9.53 Å². The minimum atomic E-state index is -1.27. The number of carbonyl (C=O) groups excluding carboxylic acids is 1. The molecule has 0 radical (unpaired) electrons. The maximum Gasteiger partial charge on any atom is 0.237 e. The van der Waals surface area contributed by atoms with Crippen molar-refractivity contribution in [3.05, 3.63) is 23.8 Å². The van der Waals surface area contributed by atoms with Crippen LogP contribution in [0.15, 0.2) is 23.8 Å². The first kappa shape index (κ1) is 28.4. The molecule has 0 saturated heterocycles. The molecule has 1 rings (SSSR count). The number of unbranched alkanes of at least 4 members (excludes halogenated alkanes) is 1. The number of nitrogens with one attached hydrogen (secondary N) is 2. The zero-order chi connectivity index (χ0) is 23.4. The van der Waals surface area contributed by atoms with Gasteiger partial charge in [0.1, 0.15) is 17.6 Å². The number of amides is 1. The third-order valence-electron chi connectivity index (χ3n) is 5.17. The summed E-state index contributed by atoms with van der Waals surface area (Å²) in [6.45, 7) is 5.53. The summed E-state index contributed by atoms with van der Waals surface area (Å²) in [5.74, 6) is -0.246. The van der Waals surface area contributed by atoms with E-state index in [1.165, 1.54) is 17.3 Å². The molecule has 0 spiro atoms. The number of hydrogen-bond acceptors (Lipinski definition) is 7. The topological polar surface area (TPSA) is 111 Å². The predicted octanol–water partition coefficient (Wildman–Crippen LogP) is 1.94. The van der Waals surface area contributed by atoms with E-state index in [4.69, 9.17) is 16.3 Å². The van der Waals surface area contributed by atoms with Gasteiger partial charge in [-0.15, -0.1) is 23.4 Å². The Balaban J connectivity index is 2.92. The van der Waals surface area contributed by atoms with E-state index >= 15 is 0 Å². The van der Waals surface area contributed by atoms with Gasteiger partial charge in [-0.2, -0.15) is 0 Å². The highest BCUT2D eigenvalue weighted by atomic mass is 35.5. The van der Waals surface area contributed by atoms with Gasteiger partial charge in [-0.05, 0) is 45.9 Å². The molecule has 0 aromatic rings. The molecule has 0 aromatic heterocycles. The highest BCUT2D eigenvalue weighted by molar-refractivity contribution is 7.99. The van der Waals surface area contributed by atoms with E-state index in [-0.39, 0.29) is 5.91 Å². The summed E-state index contributed by atoms with van der Waals surface area (Å²) in [6, 6.07) is -1.20. The van der Waals surface area contributed by atoms with E-state index < -0.39 is 47.8 Å². The van der Waals surface area contributed by atoms with Crippen molar-refractivity contribution in [2.24, 2.45) is 0 Å². The monoisotopic (exact) mass is 478 g/mol. The lowest BCUT2D eigenvalue weighted by molar-refractivity contribution is -0.130. The van der Waals surface area contributed by atoms with Gasteiger partial charge in [-0.3, -0.25) is 4.79 Å².